The molecule has 0 atom stereocenters. The predicted molar refractivity (Wildman–Crippen MR) is 68.3 cm³/mol. The molecule has 0 aliphatic rings. The zero-order valence-electron chi connectivity index (χ0n) is 9.74. The number of hydrogen-bond donors (Lipinski definition) is 1. The molecule has 0 aromatic heterocycles. The van der Waals surface area contributed by atoms with E-state index in [0.29, 0.717) is 0 Å². The number of nitro benzene ring substituents is 1. The van der Waals surface area contributed by atoms with E-state index in [9.17, 15) is 10.1 Å². The van der Waals surface area contributed by atoms with Crippen LogP contribution in [0.25, 0.3) is 0 Å². The van der Waals surface area contributed by atoms with Crippen LogP contribution in [0.2, 0.25) is 0 Å². The summed E-state index contributed by atoms with van der Waals surface area (Å²) >= 11 is 0. The Hall–Kier alpha value is -2.20. The number of hydrogen-bond acceptors (Lipinski definition) is 3. The van der Waals surface area contributed by atoms with Gasteiger partial charge in [0.1, 0.15) is 0 Å². The molecule has 0 spiro atoms. The first-order valence-electron chi connectivity index (χ1n) is 5.61. The van der Waals surface area contributed by atoms with E-state index < -0.39 is 4.92 Å². The number of nitro groups is 1. The summed E-state index contributed by atoms with van der Waals surface area (Å²) in [6.45, 7) is 0.0395. The summed E-state index contributed by atoms with van der Waals surface area (Å²) in [6.07, 6.45) is 0.726. The molecule has 18 heavy (non-hydrogen) atoms. The highest BCUT2D eigenvalue weighted by atomic mass is 16.6. The molecule has 1 N–H and O–H groups in total. The minimum Gasteiger partial charge on any atom is -0.392 e. The number of rotatable bonds is 4. The second-order valence-electron chi connectivity index (χ2n) is 4.07. The quantitative estimate of drug-likeness (QED) is 0.663. The highest BCUT2D eigenvalue weighted by molar-refractivity contribution is 5.35. The first kappa shape index (κ1) is 12.3. The fourth-order valence-electron chi connectivity index (χ4n) is 1.73. The smallest absolute Gasteiger partial charge is 0.269 e. The zero-order valence-corrected chi connectivity index (χ0v) is 9.74. The molecule has 0 saturated carbocycles. The molecule has 0 aliphatic heterocycles. The SMILES string of the molecule is O=[N+]([O-])c1ccc(Cc2ccc(CO)cc2)cc1. The molecule has 4 heteroatoms. The number of benzene rings is 2. The van der Waals surface area contributed by atoms with E-state index in [4.69, 9.17) is 5.11 Å². The summed E-state index contributed by atoms with van der Waals surface area (Å²) in [6, 6.07) is 14.2. The van der Waals surface area contributed by atoms with Crippen LogP contribution in [0.4, 0.5) is 5.69 Å². The molecule has 0 bridgehead atoms. The molecule has 0 fully saturated rings. The van der Waals surface area contributed by atoms with Crippen LogP contribution < -0.4 is 0 Å². The van der Waals surface area contributed by atoms with E-state index in [1.165, 1.54) is 12.1 Å². The summed E-state index contributed by atoms with van der Waals surface area (Å²) in [4.78, 5) is 10.1. The molecule has 0 radical (unpaired) electrons. The molecule has 2 rings (SSSR count). The molecule has 0 aliphatic carbocycles. The van der Waals surface area contributed by atoms with Crippen molar-refractivity contribution in [3.05, 3.63) is 75.3 Å². The van der Waals surface area contributed by atoms with E-state index >= 15 is 0 Å². The second kappa shape index (κ2) is 5.42. The van der Waals surface area contributed by atoms with Crippen molar-refractivity contribution in [2.24, 2.45) is 0 Å². The molecule has 2 aromatic carbocycles. The third kappa shape index (κ3) is 2.93. The monoisotopic (exact) mass is 243 g/mol. The third-order valence-electron chi connectivity index (χ3n) is 2.76. The van der Waals surface area contributed by atoms with Crippen LogP contribution in [0.3, 0.4) is 0 Å². The van der Waals surface area contributed by atoms with Crippen LogP contribution in [-0.4, -0.2) is 10.0 Å². The van der Waals surface area contributed by atoms with Gasteiger partial charge in [0.2, 0.25) is 0 Å². The van der Waals surface area contributed by atoms with Gasteiger partial charge in [0, 0.05) is 12.1 Å². The van der Waals surface area contributed by atoms with E-state index in [2.05, 4.69) is 0 Å². The summed E-state index contributed by atoms with van der Waals surface area (Å²) < 4.78 is 0. The van der Waals surface area contributed by atoms with Gasteiger partial charge in [-0.15, -0.1) is 0 Å². The topological polar surface area (TPSA) is 63.4 Å². The van der Waals surface area contributed by atoms with Crippen molar-refractivity contribution in [1.82, 2.24) is 0 Å². The lowest BCUT2D eigenvalue weighted by molar-refractivity contribution is -0.384. The van der Waals surface area contributed by atoms with Gasteiger partial charge in [0.05, 0.1) is 11.5 Å². The van der Waals surface area contributed by atoms with Crippen molar-refractivity contribution in [1.29, 1.82) is 0 Å². The van der Waals surface area contributed by atoms with Crippen molar-refractivity contribution in [3.63, 3.8) is 0 Å². The summed E-state index contributed by atoms with van der Waals surface area (Å²) in [5.74, 6) is 0. The van der Waals surface area contributed by atoms with E-state index in [1.807, 2.05) is 24.3 Å². The number of aliphatic hydroxyl groups is 1. The lowest BCUT2D eigenvalue weighted by Crippen LogP contribution is -1.91. The molecule has 0 saturated heterocycles. The Labute approximate surface area is 105 Å². The van der Waals surface area contributed by atoms with Crippen LogP contribution in [0, 0.1) is 10.1 Å². The lowest BCUT2D eigenvalue weighted by Gasteiger charge is -2.03. The molecule has 0 amide bonds. The Bertz CT molecular complexity index is 532. The van der Waals surface area contributed by atoms with Gasteiger partial charge in [-0.05, 0) is 23.1 Å². The van der Waals surface area contributed by atoms with Crippen molar-refractivity contribution >= 4 is 5.69 Å². The highest BCUT2D eigenvalue weighted by Crippen LogP contribution is 2.15. The fraction of sp³-hybridized carbons (Fsp3) is 0.143. The molecule has 0 heterocycles. The average molecular weight is 243 g/mol. The van der Waals surface area contributed by atoms with Gasteiger partial charge in [-0.25, -0.2) is 0 Å². The highest BCUT2D eigenvalue weighted by Gasteiger charge is 2.04. The minimum atomic E-state index is -0.403. The van der Waals surface area contributed by atoms with Gasteiger partial charge in [-0.3, -0.25) is 10.1 Å². The zero-order chi connectivity index (χ0) is 13.0. The molecule has 92 valence electrons. The Morgan fingerprint density at radius 3 is 1.78 bits per heavy atom. The number of non-ortho nitro benzene ring substituents is 1. The molecule has 4 nitrogen and oxygen atoms in total. The maximum Gasteiger partial charge on any atom is 0.269 e. The van der Waals surface area contributed by atoms with Gasteiger partial charge in [0.15, 0.2) is 0 Å². The summed E-state index contributed by atoms with van der Waals surface area (Å²) in [5, 5.41) is 19.5. The van der Waals surface area contributed by atoms with Crippen LogP contribution in [-0.2, 0) is 13.0 Å². The van der Waals surface area contributed by atoms with Crippen LogP contribution in [0.15, 0.2) is 48.5 Å². The standard InChI is InChI=1S/C14H13NO3/c16-10-13-3-1-11(2-4-13)9-12-5-7-14(8-6-12)15(17)18/h1-8,16H,9-10H2. The molecule has 2 aromatic rings. The maximum atomic E-state index is 10.5. The van der Waals surface area contributed by atoms with Gasteiger partial charge in [-0.2, -0.15) is 0 Å². The number of aliphatic hydroxyl groups excluding tert-OH is 1. The Morgan fingerprint density at radius 2 is 1.33 bits per heavy atom. The molecule has 0 unspecified atom stereocenters. The van der Waals surface area contributed by atoms with Crippen molar-refractivity contribution < 1.29 is 10.0 Å². The first-order valence-corrected chi connectivity index (χ1v) is 5.61. The molecular weight excluding hydrogens is 230 g/mol. The van der Waals surface area contributed by atoms with Gasteiger partial charge < -0.3 is 5.11 Å². The van der Waals surface area contributed by atoms with E-state index in [-0.39, 0.29) is 12.3 Å². The average Bonchev–Trinajstić information content (AvgIpc) is 2.40. The predicted octanol–water partition coefficient (Wildman–Crippen LogP) is 2.68. The summed E-state index contributed by atoms with van der Waals surface area (Å²) in [5.41, 5.74) is 3.12. The van der Waals surface area contributed by atoms with Crippen LogP contribution in [0.5, 0.6) is 0 Å². The fourth-order valence-corrected chi connectivity index (χ4v) is 1.73. The largest absolute Gasteiger partial charge is 0.392 e. The van der Waals surface area contributed by atoms with Crippen LogP contribution in [0.1, 0.15) is 16.7 Å². The third-order valence-corrected chi connectivity index (χ3v) is 2.76. The van der Waals surface area contributed by atoms with Gasteiger partial charge in [0.25, 0.3) is 5.69 Å². The Balaban J connectivity index is 2.10. The lowest BCUT2D eigenvalue weighted by atomic mass is 10.0. The normalized spacial score (nSPS) is 10.3. The maximum absolute atomic E-state index is 10.5. The van der Waals surface area contributed by atoms with Crippen LogP contribution >= 0.6 is 0 Å². The minimum absolute atomic E-state index is 0.0395. The first-order chi connectivity index (χ1) is 8.69. The van der Waals surface area contributed by atoms with Gasteiger partial charge in [-0.1, -0.05) is 36.4 Å². The Kier molecular flexibility index (Phi) is 3.69. The number of nitrogens with zero attached hydrogens (tertiary/aromatic N) is 1. The van der Waals surface area contributed by atoms with E-state index in [0.717, 1.165) is 23.1 Å². The Morgan fingerprint density at radius 1 is 0.889 bits per heavy atom. The molecular formula is C14H13NO3. The summed E-state index contributed by atoms with van der Waals surface area (Å²) in [7, 11) is 0. The van der Waals surface area contributed by atoms with Crippen molar-refractivity contribution in [2.75, 3.05) is 0 Å². The van der Waals surface area contributed by atoms with E-state index in [1.54, 1.807) is 12.1 Å². The second-order valence-corrected chi connectivity index (χ2v) is 4.07. The van der Waals surface area contributed by atoms with Crippen molar-refractivity contribution in [3.8, 4) is 0 Å². The van der Waals surface area contributed by atoms with Gasteiger partial charge >= 0.3 is 0 Å². The van der Waals surface area contributed by atoms with Crippen molar-refractivity contribution in [2.45, 2.75) is 13.0 Å².